The Morgan fingerprint density at radius 3 is 2.83 bits per heavy atom. The molecule has 0 unspecified atom stereocenters. The number of hydrogen-bond donors (Lipinski definition) is 2. The lowest BCUT2D eigenvalue weighted by Crippen LogP contribution is -2.37. The van der Waals surface area contributed by atoms with Crippen LogP contribution in [0.15, 0.2) is 60.9 Å². The summed E-state index contributed by atoms with van der Waals surface area (Å²) < 4.78 is 5.52. The van der Waals surface area contributed by atoms with E-state index in [1.807, 2.05) is 30.6 Å². The number of benzene rings is 1. The third-order valence-corrected chi connectivity index (χ3v) is 5.31. The molecular formula is C23H24N6O. The van der Waals surface area contributed by atoms with Crippen molar-refractivity contribution in [3.8, 4) is 11.3 Å². The molecular weight excluding hydrogens is 376 g/mol. The monoisotopic (exact) mass is 400 g/mol. The fourth-order valence-electron chi connectivity index (χ4n) is 3.76. The van der Waals surface area contributed by atoms with Crippen LogP contribution in [0.1, 0.15) is 5.69 Å². The van der Waals surface area contributed by atoms with Gasteiger partial charge in [-0.3, -0.25) is 4.98 Å². The highest BCUT2D eigenvalue weighted by molar-refractivity contribution is 5.94. The molecule has 0 spiro atoms. The third-order valence-electron chi connectivity index (χ3n) is 5.31. The van der Waals surface area contributed by atoms with Gasteiger partial charge < -0.3 is 19.9 Å². The molecule has 3 aromatic heterocycles. The van der Waals surface area contributed by atoms with Crippen molar-refractivity contribution in [2.24, 2.45) is 0 Å². The first-order valence-electron chi connectivity index (χ1n) is 10.3. The molecule has 1 fully saturated rings. The number of rotatable bonds is 6. The zero-order valence-corrected chi connectivity index (χ0v) is 16.7. The standard InChI is InChI=1S/C23H24N6O/c1-2-9-24-17(4-1)7-10-26-23-27-21(16-22(28-23)29-12-14-30-15-13-29)18-5-3-6-20-19(18)8-11-25-20/h1-6,8-9,11,16,25H,7,10,12-15H2,(H,26,27,28). The largest absolute Gasteiger partial charge is 0.378 e. The SMILES string of the molecule is c1ccc(CCNc2nc(-c3cccc4[nH]ccc34)cc(N3CCOCC3)n2)nc1. The molecule has 0 bridgehead atoms. The van der Waals surface area contributed by atoms with Crippen LogP contribution in [0.4, 0.5) is 11.8 Å². The Hall–Kier alpha value is -3.45. The van der Waals surface area contributed by atoms with Crippen molar-refractivity contribution >= 4 is 22.7 Å². The second-order valence-corrected chi connectivity index (χ2v) is 7.28. The van der Waals surface area contributed by atoms with Crippen LogP contribution in [0.25, 0.3) is 22.2 Å². The predicted octanol–water partition coefficient (Wildman–Crippen LogP) is 3.51. The molecule has 152 valence electrons. The zero-order valence-electron chi connectivity index (χ0n) is 16.7. The van der Waals surface area contributed by atoms with Crippen LogP contribution in [0.5, 0.6) is 0 Å². The number of aromatic amines is 1. The second-order valence-electron chi connectivity index (χ2n) is 7.28. The van der Waals surface area contributed by atoms with E-state index in [1.54, 1.807) is 0 Å². The molecule has 0 amide bonds. The first-order valence-corrected chi connectivity index (χ1v) is 10.3. The van der Waals surface area contributed by atoms with E-state index >= 15 is 0 Å². The van der Waals surface area contributed by atoms with Crippen molar-refractivity contribution in [1.82, 2.24) is 19.9 Å². The molecule has 1 saturated heterocycles. The molecule has 4 heterocycles. The predicted molar refractivity (Wildman–Crippen MR) is 119 cm³/mol. The van der Waals surface area contributed by atoms with Gasteiger partial charge in [-0.1, -0.05) is 18.2 Å². The number of morpholine rings is 1. The number of hydrogen-bond acceptors (Lipinski definition) is 6. The van der Waals surface area contributed by atoms with Gasteiger partial charge in [0.2, 0.25) is 5.95 Å². The maximum Gasteiger partial charge on any atom is 0.225 e. The van der Waals surface area contributed by atoms with E-state index < -0.39 is 0 Å². The van der Waals surface area contributed by atoms with Crippen LogP contribution in [0, 0.1) is 0 Å². The molecule has 7 heteroatoms. The smallest absolute Gasteiger partial charge is 0.225 e. The molecule has 7 nitrogen and oxygen atoms in total. The summed E-state index contributed by atoms with van der Waals surface area (Å²) in [5.74, 6) is 1.56. The summed E-state index contributed by atoms with van der Waals surface area (Å²) >= 11 is 0. The van der Waals surface area contributed by atoms with Crippen LogP contribution >= 0.6 is 0 Å². The van der Waals surface area contributed by atoms with Crippen LogP contribution in [-0.4, -0.2) is 52.8 Å². The topological polar surface area (TPSA) is 79.0 Å². The first kappa shape index (κ1) is 18.6. The molecule has 1 aromatic carbocycles. The van der Waals surface area contributed by atoms with Gasteiger partial charge in [0.05, 0.1) is 18.9 Å². The van der Waals surface area contributed by atoms with Gasteiger partial charge in [-0.15, -0.1) is 0 Å². The molecule has 1 aliphatic rings. The fourth-order valence-corrected chi connectivity index (χ4v) is 3.76. The highest BCUT2D eigenvalue weighted by Gasteiger charge is 2.16. The van der Waals surface area contributed by atoms with Crippen LogP contribution in [0.3, 0.4) is 0 Å². The average molecular weight is 400 g/mol. The number of fused-ring (bicyclic) bond motifs is 1. The van der Waals surface area contributed by atoms with Gasteiger partial charge in [-0.25, -0.2) is 4.98 Å². The highest BCUT2D eigenvalue weighted by Crippen LogP contribution is 2.30. The molecule has 2 N–H and O–H groups in total. The molecule has 4 aromatic rings. The number of pyridine rings is 1. The van der Waals surface area contributed by atoms with Crippen LogP contribution < -0.4 is 10.2 Å². The van der Waals surface area contributed by atoms with Gasteiger partial charge in [-0.05, 0) is 24.3 Å². The Bertz CT molecular complexity index is 1120. The summed E-state index contributed by atoms with van der Waals surface area (Å²) in [6.45, 7) is 3.82. The Kier molecular flexibility index (Phi) is 5.26. The molecule has 0 saturated carbocycles. The number of nitrogens with zero attached hydrogens (tertiary/aromatic N) is 4. The molecule has 0 atom stereocenters. The Morgan fingerprint density at radius 1 is 1.03 bits per heavy atom. The summed E-state index contributed by atoms with van der Waals surface area (Å²) in [5, 5.41) is 4.55. The lowest BCUT2D eigenvalue weighted by Gasteiger charge is -2.28. The minimum atomic E-state index is 0.637. The molecule has 1 aliphatic heterocycles. The van der Waals surface area contributed by atoms with Gasteiger partial charge in [0.1, 0.15) is 5.82 Å². The minimum absolute atomic E-state index is 0.637. The first-order chi connectivity index (χ1) is 14.9. The minimum Gasteiger partial charge on any atom is -0.378 e. The van der Waals surface area contributed by atoms with Gasteiger partial charge >= 0.3 is 0 Å². The number of anilines is 2. The van der Waals surface area contributed by atoms with Gasteiger partial charge in [-0.2, -0.15) is 4.98 Å². The van der Waals surface area contributed by atoms with Crippen molar-refractivity contribution in [2.45, 2.75) is 6.42 Å². The summed E-state index contributed by atoms with van der Waals surface area (Å²) in [6.07, 6.45) is 4.60. The lowest BCUT2D eigenvalue weighted by atomic mass is 10.1. The van der Waals surface area contributed by atoms with E-state index in [4.69, 9.17) is 14.7 Å². The highest BCUT2D eigenvalue weighted by atomic mass is 16.5. The van der Waals surface area contributed by atoms with E-state index in [1.165, 1.54) is 0 Å². The van der Waals surface area contributed by atoms with Crippen molar-refractivity contribution in [3.05, 3.63) is 66.6 Å². The maximum absolute atomic E-state index is 5.52. The lowest BCUT2D eigenvalue weighted by molar-refractivity contribution is 0.122. The zero-order chi connectivity index (χ0) is 20.2. The van der Waals surface area contributed by atoms with Gasteiger partial charge in [0.15, 0.2) is 0 Å². The Morgan fingerprint density at radius 2 is 1.97 bits per heavy atom. The van der Waals surface area contributed by atoms with E-state index in [9.17, 15) is 0 Å². The van der Waals surface area contributed by atoms with Crippen molar-refractivity contribution in [2.75, 3.05) is 43.1 Å². The van der Waals surface area contributed by atoms with Gasteiger partial charge in [0, 0.05) is 66.7 Å². The van der Waals surface area contributed by atoms with E-state index in [0.717, 1.165) is 72.9 Å². The van der Waals surface area contributed by atoms with Crippen LogP contribution in [0.2, 0.25) is 0 Å². The van der Waals surface area contributed by atoms with E-state index in [0.29, 0.717) is 5.95 Å². The number of H-pyrrole nitrogens is 1. The van der Waals surface area contributed by atoms with Crippen molar-refractivity contribution in [3.63, 3.8) is 0 Å². The van der Waals surface area contributed by atoms with E-state index in [2.05, 4.69) is 50.5 Å². The molecule has 5 rings (SSSR count). The average Bonchev–Trinajstić information content (AvgIpc) is 3.29. The second kappa shape index (κ2) is 8.51. The third kappa shape index (κ3) is 3.97. The maximum atomic E-state index is 5.52. The van der Waals surface area contributed by atoms with E-state index in [-0.39, 0.29) is 0 Å². The van der Waals surface area contributed by atoms with Crippen LogP contribution in [-0.2, 0) is 11.2 Å². The summed E-state index contributed by atoms with van der Waals surface area (Å²) in [6, 6.07) is 16.4. The molecule has 30 heavy (non-hydrogen) atoms. The molecule has 0 radical (unpaired) electrons. The van der Waals surface area contributed by atoms with Gasteiger partial charge in [0.25, 0.3) is 0 Å². The normalized spacial score (nSPS) is 14.2. The fraction of sp³-hybridized carbons (Fsp3) is 0.261. The summed E-state index contributed by atoms with van der Waals surface area (Å²) in [7, 11) is 0. The Balaban J connectivity index is 1.46. The Labute approximate surface area is 175 Å². The summed E-state index contributed by atoms with van der Waals surface area (Å²) in [5.41, 5.74) is 4.16. The molecule has 0 aliphatic carbocycles. The van der Waals surface area contributed by atoms with Crippen molar-refractivity contribution in [1.29, 1.82) is 0 Å². The quantitative estimate of drug-likeness (QED) is 0.516. The number of nitrogens with one attached hydrogen (secondary N) is 2. The summed E-state index contributed by atoms with van der Waals surface area (Å²) in [4.78, 5) is 19.6. The number of ether oxygens (including phenoxy) is 1. The number of aromatic nitrogens is 4. The van der Waals surface area contributed by atoms with Crippen molar-refractivity contribution < 1.29 is 4.74 Å².